The molecule has 1 rings (SSSR count). The lowest BCUT2D eigenvalue weighted by Crippen LogP contribution is -2.33. The van der Waals surface area contributed by atoms with Crippen LogP contribution in [0.15, 0.2) is 11.1 Å². The van der Waals surface area contributed by atoms with Gasteiger partial charge in [-0.25, -0.2) is 9.78 Å². The number of nitrogens with one attached hydrogen (secondary N) is 1. The second-order valence-corrected chi connectivity index (χ2v) is 6.71. The number of nitrogens with two attached hydrogens (primary N) is 1. The fourth-order valence-corrected chi connectivity index (χ4v) is 2.44. The Labute approximate surface area is 139 Å². The highest BCUT2D eigenvalue weighted by molar-refractivity contribution is 7.99. The Morgan fingerprint density at radius 1 is 1.39 bits per heavy atom. The molecule has 0 bridgehead atoms. The van der Waals surface area contributed by atoms with Gasteiger partial charge in [-0.15, -0.1) is 11.8 Å². The van der Waals surface area contributed by atoms with E-state index in [0.29, 0.717) is 29.3 Å². The second kappa shape index (κ2) is 8.25. The highest BCUT2D eigenvalue weighted by atomic mass is 32.2. The zero-order chi connectivity index (χ0) is 17.5. The van der Waals surface area contributed by atoms with E-state index >= 15 is 0 Å². The van der Waals surface area contributed by atoms with Gasteiger partial charge in [-0.05, 0) is 33.3 Å². The molecule has 0 saturated heterocycles. The van der Waals surface area contributed by atoms with Crippen LogP contribution in [0.25, 0.3) is 0 Å². The third-order valence-electron chi connectivity index (χ3n) is 2.49. The van der Waals surface area contributed by atoms with E-state index in [0.717, 1.165) is 0 Å². The number of hydrogen-bond acceptors (Lipinski definition) is 7. The predicted octanol–water partition coefficient (Wildman–Crippen LogP) is 2.41. The molecule has 0 atom stereocenters. The smallest absolute Gasteiger partial charge is 0.407 e. The summed E-state index contributed by atoms with van der Waals surface area (Å²) in [6, 6.07) is 5.33. The summed E-state index contributed by atoms with van der Waals surface area (Å²) < 4.78 is 5.12. The summed E-state index contributed by atoms with van der Waals surface area (Å²) in [5.74, 6) is 0.754. The van der Waals surface area contributed by atoms with E-state index in [1.807, 2.05) is 12.1 Å². The van der Waals surface area contributed by atoms with Crippen molar-refractivity contribution in [3.8, 4) is 12.1 Å². The number of rotatable bonds is 5. The Bertz CT molecular complexity index is 656. The summed E-state index contributed by atoms with van der Waals surface area (Å²) in [6.07, 6.45) is 0.220. The van der Waals surface area contributed by atoms with Gasteiger partial charge in [-0.3, -0.25) is 0 Å². The summed E-state index contributed by atoms with van der Waals surface area (Å²) in [6.45, 7) is 5.85. The van der Waals surface area contributed by atoms with Crippen LogP contribution >= 0.6 is 11.8 Å². The molecule has 1 aromatic heterocycles. The molecule has 0 saturated carbocycles. The zero-order valence-electron chi connectivity index (χ0n) is 13.3. The number of carbonyl (C=O) groups excluding carboxylic acids is 1. The maximum atomic E-state index is 11.5. The lowest BCUT2D eigenvalue weighted by atomic mass is 10.2. The van der Waals surface area contributed by atoms with Crippen LogP contribution in [0.4, 0.5) is 10.6 Å². The zero-order valence-corrected chi connectivity index (χ0v) is 14.2. The van der Waals surface area contributed by atoms with Crippen molar-refractivity contribution in [3.63, 3.8) is 0 Å². The first-order chi connectivity index (χ1) is 10.8. The normalized spacial score (nSPS) is 10.5. The van der Waals surface area contributed by atoms with Crippen LogP contribution < -0.4 is 11.1 Å². The Morgan fingerprint density at radius 2 is 2.04 bits per heavy atom. The van der Waals surface area contributed by atoms with Gasteiger partial charge in [0.05, 0.1) is 11.1 Å². The van der Waals surface area contributed by atoms with Gasteiger partial charge in [0.2, 0.25) is 0 Å². The molecule has 0 fully saturated rings. The molecule has 122 valence electrons. The number of alkyl carbamates (subject to hydrolysis) is 1. The number of nitriles is 2. The fourth-order valence-electron chi connectivity index (χ4n) is 1.54. The number of aromatic nitrogens is 1. The largest absolute Gasteiger partial charge is 0.444 e. The fraction of sp³-hybridized carbons (Fsp3) is 0.467. The van der Waals surface area contributed by atoms with Gasteiger partial charge in [-0.1, -0.05) is 0 Å². The molecule has 1 amide bonds. The van der Waals surface area contributed by atoms with Crippen molar-refractivity contribution in [2.45, 2.75) is 37.8 Å². The summed E-state index contributed by atoms with van der Waals surface area (Å²) >= 11 is 1.35. The Hall–Kier alpha value is -2.45. The van der Waals surface area contributed by atoms with E-state index < -0.39 is 11.7 Å². The number of hydrogen-bond donors (Lipinski definition) is 2. The van der Waals surface area contributed by atoms with Gasteiger partial charge in [0, 0.05) is 12.3 Å². The summed E-state index contributed by atoms with van der Waals surface area (Å²) in [5, 5.41) is 21.1. The molecule has 1 aromatic rings. The number of nitrogen functional groups attached to an aromatic ring is 1. The van der Waals surface area contributed by atoms with Gasteiger partial charge in [0.15, 0.2) is 0 Å². The molecule has 0 spiro atoms. The first-order valence-electron chi connectivity index (χ1n) is 6.97. The third kappa shape index (κ3) is 6.45. The first-order valence-corrected chi connectivity index (χ1v) is 7.95. The van der Waals surface area contributed by atoms with Crippen molar-refractivity contribution in [3.05, 3.63) is 17.2 Å². The number of thioether (sulfide) groups is 1. The van der Waals surface area contributed by atoms with Crippen molar-refractivity contribution in [2.24, 2.45) is 0 Å². The molecule has 1 heterocycles. The van der Waals surface area contributed by atoms with Gasteiger partial charge in [-0.2, -0.15) is 10.5 Å². The van der Waals surface area contributed by atoms with Crippen molar-refractivity contribution < 1.29 is 9.53 Å². The Balaban J connectivity index is 2.46. The van der Waals surface area contributed by atoms with E-state index in [9.17, 15) is 4.79 Å². The number of pyridine rings is 1. The summed E-state index contributed by atoms with van der Waals surface area (Å²) in [7, 11) is 0. The number of nitrogens with zero attached hydrogens (tertiary/aromatic N) is 3. The van der Waals surface area contributed by atoms with Crippen molar-refractivity contribution >= 4 is 23.7 Å². The van der Waals surface area contributed by atoms with Crippen LogP contribution in [-0.4, -0.2) is 29.0 Å². The summed E-state index contributed by atoms with van der Waals surface area (Å²) in [4.78, 5) is 15.5. The van der Waals surface area contributed by atoms with Crippen LogP contribution in [0, 0.1) is 22.7 Å². The lowest BCUT2D eigenvalue weighted by molar-refractivity contribution is 0.0528. The predicted molar refractivity (Wildman–Crippen MR) is 87.7 cm³/mol. The molecule has 7 nitrogen and oxygen atoms in total. The van der Waals surface area contributed by atoms with Crippen LogP contribution in [0.2, 0.25) is 0 Å². The molecule has 0 aliphatic rings. The van der Waals surface area contributed by atoms with Gasteiger partial charge in [0.1, 0.15) is 28.6 Å². The molecule has 0 unspecified atom stereocenters. The standard InChI is InChI=1S/C15H19N5O2S/c1-15(2,3)22-14(21)19-5-4-6-23-13-11(9-17)7-10(8-16)12(18)20-13/h7H,4-6H2,1-3H3,(H2,18,20)(H,19,21). The third-order valence-corrected chi connectivity index (χ3v) is 3.56. The molecule has 8 heteroatoms. The van der Waals surface area contributed by atoms with Gasteiger partial charge in [0.25, 0.3) is 0 Å². The Kier molecular flexibility index (Phi) is 6.67. The topological polar surface area (TPSA) is 125 Å². The SMILES string of the molecule is CC(C)(C)OC(=O)NCCCSc1nc(N)c(C#N)cc1C#N. The van der Waals surface area contributed by atoms with Crippen LogP contribution in [0.3, 0.4) is 0 Å². The van der Waals surface area contributed by atoms with E-state index in [4.69, 9.17) is 21.0 Å². The quantitative estimate of drug-likeness (QED) is 0.626. The minimum atomic E-state index is -0.523. The van der Waals surface area contributed by atoms with Crippen molar-refractivity contribution in [1.29, 1.82) is 10.5 Å². The van der Waals surface area contributed by atoms with E-state index in [2.05, 4.69) is 10.3 Å². The highest BCUT2D eigenvalue weighted by Crippen LogP contribution is 2.24. The number of ether oxygens (including phenoxy) is 1. The van der Waals surface area contributed by atoms with Crippen LogP contribution in [0.1, 0.15) is 38.3 Å². The number of carbonyl (C=O) groups is 1. The van der Waals surface area contributed by atoms with Crippen LogP contribution in [-0.2, 0) is 4.74 Å². The molecule has 23 heavy (non-hydrogen) atoms. The molecule has 3 N–H and O–H groups in total. The number of anilines is 1. The molecule has 0 radical (unpaired) electrons. The average Bonchev–Trinajstić information content (AvgIpc) is 2.45. The van der Waals surface area contributed by atoms with E-state index in [-0.39, 0.29) is 11.4 Å². The minimum Gasteiger partial charge on any atom is -0.444 e. The highest BCUT2D eigenvalue weighted by Gasteiger charge is 2.15. The second-order valence-electron chi connectivity index (χ2n) is 5.63. The van der Waals surface area contributed by atoms with Crippen LogP contribution in [0.5, 0.6) is 0 Å². The monoisotopic (exact) mass is 333 g/mol. The number of amides is 1. The molecule has 0 aliphatic heterocycles. The van der Waals surface area contributed by atoms with Crippen molar-refractivity contribution in [2.75, 3.05) is 18.0 Å². The maximum Gasteiger partial charge on any atom is 0.407 e. The molecule has 0 aliphatic carbocycles. The molecular weight excluding hydrogens is 314 g/mol. The van der Waals surface area contributed by atoms with Gasteiger partial charge < -0.3 is 15.8 Å². The lowest BCUT2D eigenvalue weighted by Gasteiger charge is -2.19. The minimum absolute atomic E-state index is 0.112. The summed E-state index contributed by atoms with van der Waals surface area (Å²) in [5.41, 5.74) is 5.64. The maximum absolute atomic E-state index is 11.5. The average molecular weight is 333 g/mol. The molecule has 0 aromatic carbocycles. The Morgan fingerprint density at radius 3 is 2.61 bits per heavy atom. The van der Waals surface area contributed by atoms with Gasteiger partial charge >= 0.3 is 6.09 Å². The van der Waals surface area contributed by atoms with Crippen molar-refractivity contribution in [1.82, 2.24) is 10.3 Å². The van der Waals surface area contributed by atoms with E-state index in [1.54, 1.807) is 20.8 Å². The first kappa shape index (κ1) is 18.6. The van der Waals surface area contributed by atoms with E-state index in [1.165, 1.54) is 17.8 Å². The molecular formula is C15H19N5O2S.